The Morgan fingerprint density at radius 3 is 2.23 bits per heavy atom. The molecular weight excluding hydrogens is 264 g/mol. The zero-order valence-corrected chi connectivity index (χ0v) is 16.8. The van der Waals surface area contributed by atoms with E-state index >= 15 is 0 Å². The summed E-state index contributed by atoms with van der Waals surface area (Å²) in [6.45, 7) is 17.0. The molecule has 0 aromatic heterocycles. The van der Waals surface area contributed by atoms with E-state index in [1.54, 1.807) is 0 Å². The quantitative estimate of drug-likeness (QED) is 0.409. The lowest BCUT2D eigenvalue weighted by Gasteiger charge is -2.44. The van der Waals surface area contributed by atoms with Crippen LogP contribution in [0.4, 0.5) is 0 Å². The van der Waals surface area contributed by atoms with Crippen molar-refractivity contribution in [2.75, 3.05) is 0 Å². The highest BCUT2D eigenvalue weighted by Crippen LogP contribution is 2.48. The third kappa shape index (κ3) is 5.89. The molecule has 4 atom stereocenters. The number of hydrogen-bond acceptors (Lipinski definition) is 0. The summed E-state index contributed by atoms with van der Waals surface area (Å²) in [5.74, 6) is 4.72. The molecule has 0 heteroatoms. The van der Waals surface area contributed by atoms with Crippen molar-refractivity contribution in [2.24, 2.45) is 35.0 Å². The van der Waals surface area contributed by atoms with Gasteiger partial charge in [-0.15, -0.1) is 0 Å². The van der Waals surface area contributed by atoms with Crippen LogP contribution in [0, 0.1) is 35.0 Å². The van der Waals surface area contributed by atoms with Crippen LogP contribution < -0.4 is 0 Å². The van der Waals surface area contributed by atoms with Gasteiger partial charge in [0.25, 0.3) is 0 Å². The average Bonchev–Trinajstić information content (AvgIpc) is 2.47. The van der Waals surface area contributed by atoms with Gasteiger partial charge in [0, 0.05) is 0 Å². The highest BCUT2D eigenvalue weighted by atomic mass is 14.4. The molecule has 1 fully saturated rings. The van der Waals surface area contributed by atoms with Gasteiger partial charge < -0.3 is 0 Å². The Kier molecular flexibility index (Phi) is 8.50. The summed E-state index contributed by atoms with van der Waals surface area (Å²) >= 11 is 0. The largest absolute Gasteiger partial charge is 0.0654 e. The van der Waals surface area contributed by atoms with Gasteiger partial charge in [0.05, 0.1) is 0 Å². The average molecular weight is 309 g/mol. The van der Waals surface area contributed by atoms with Crippen molar-refractivity contribution in [1.29, 1.82) is 0 Å². The number of hydrogen-bond donors (Lipinski definition) is 0. The lowest BCUT2D eigenvalue weighted by atomic mass is 9.61. The summed E-state index contributed by atoms with van der Waals surface area (Å²) in [4.78, 5) is 0. The van der Waals surface area contributed by atoms with E-state index in [0.717, 1.165) is 29.6 Å². The van der Waals surface area contributed by atoms with E-state index in [2.05, 4.69) is 48.5 Å². The molecule has 0 saturated heterocycles. The predicted octanol–water partition coefficient (Wildman–Crippen LogP) is 7.72. The van der Waals surface area contributed by atoms with Crippen molar-refractivity contribution in [2.45, 2.75) is 106 Å². The number of unbranched alkanes of at least 4 members (excludes halogenated alkanes) is 1. The standard InChI is InChI=1S/C22H44/c1-8-10-11-19(13-12-18(5)17(3)4)20-14-15-22(6,7)21(9-2)16-20/h17-21H,8-16H2,1-7H3. The highest BCUT2D eigenvalue weighted by molar-refractivity contribution is 4.88. The fourth-order valence-electron chi connectivity index (χ4n) is 4.60. The van der Waals surface area contributed by atoms with Gasteiger partial charge in [0.1, 0.15) is 0 Å². The summed E-state index contributed by atoms with van der Waals surface area (Å²) in [7, 11) is 0. The first-order chi connectivity index (χ1) is 10.3. The zero-order valence-electron chi connectivity index (χ0n) is 16.8. The van der Waals surface area contributed by atoms with Gasteiger partial charge in [-0.3, -0.25) is 0 Å². The molecule has 132 valence electrons. The lowest BCUT2D eigenvalue weighted by Crippen LogP contribution is -2.34. The molecule has 0 bridgehead atoms. The minimum absolute atomic E-state index is 0.589. The Hall–Kier alpha value is 0. The van der Waals surface area contributed by atoms with Gasteiger partial charge in [-0.1, -0.05) is 80.6 Å². The molecule has 0 aromatic carbocycles. The van der Waals surface area contributed by atoms with Crippen molar-refractivity contribution in [3.05, 3.63) is 0 Å². The van der Waals surface area contributed by atoms with Gasteiger partial charge in [0.15, 0.2) is 0 Å². The van der Waals surface area contributed by atoms with Gasteiger partial charge in [-0.2, -0.15) is 0 Å². The van der Waals surface area contributed by atoms with E-state index in [0.29, 0.717) is 5.41 Å². The van der Waals surface area contributed by atoms with Gasteiger partial charge in [0.2, 0.25) is 0 Å². The maximum Gasteiger partial charge on any atom is -0.0326 e. The van der Waals surface area contributed by atoms with E-state index in [9.17, 15) is 0 Å². The van der Waals surface area contributed by atoms with Gasteiger partial charge in [-0.05, 0) is 60.7 Å². The Balaban J connectivity index is 2.62. The fraction of sp³-hybridized carbons (Fsp3) is 1.00. The molecule has 0 heterocycles. The third-order valence-electron chi connectivity index (χ3n) is 7.07. The topological polar surface area (TPSA) is 0 Å². The lowest BCUT2D eigenvalue weighted by molar-refractivity contribution is 0.0611. The van der Waals surface area contributed by atoms with Crippen LogP contribution in [0.3, 0.4) is 0 Å². The van der Waals surface area contributed by atoms with Crippen molar-refractivity contribution in [3.8, 4) is 0 Å². The molecule has 1 aliphatic rings. The van der Waals surface area contributed by atoms with Crippen LogP contribution in [-0.4, -0.2) is 0 Å². The first-order valence-corrected chi connectivity index (χ1v) is 10.3. The maximum absolute atomic E-state index is 2.51. The third-order valence-corrected chi connectivity index (χ3v) is 7.07. The number of rotatable bonds is 9. The Morgan fingerprint density at radius 1 is 1.00 bits per heavy atom. The summed E-state index contributed by atoms with van der Waals surface area (Å²) in [6, 6.07) is 0. The molecule has 1 aliphatic carbocycles. The molecule has 0 nitrogen and oxygen atoms in total. The van der Waals surface area contributed by atoms with Crippen LogP contribution in [0.1, 0.15) is 106 Å². The Labute approximate surface area is 141 Å². The first-order valence-electron chi connectivity index (χ1n) is 10.3. The van der Waals surface area contributed by atoms with Crippen LogP contribution in [0.5, 0.6) is 0 Å². The molecule has 0 aliphatic heterocycles. The van der Waals surface area contributed by atoms with Crippen LogP contribution >= 0.6 is 0 Å². The van der Waals surface area contributed by atoms with Crippen molar-refractivity contribution in [1.82, 2.24) is 0 Å². The van der Waals surface area contributed by atoms with Gasteiger partial charge >= 0.3 is 0 Å². The molecule has 0 radical (unpaired) electrons. The van der Waals surface area contributed by atoms with Crippen LogP contribution in [-0.2, 0) is 0 Å². The second-order valence-electron chi connectivity index (χ2n) is 9.33. The predicted molar refractivity (Wildman–Crippen MR) is 101 cm³/mol. The van der Waals surface area contributed by atoms with E-state index in [4.69, 9.17) is 0 Å². The van der Waals surface area contributed by atoms with Crippen molar-refractivity contribution < 1.29 is 0 Å². The van der Waals surface area contributed by atoms with Crippen molar-refractivity contribution >= 4 is 0 Å². The minimum atomic E-state index is 0.589. The molecule has 0 spiro atoms. The molecule has 1 rings (SSSR count). The van der Waals surface area contributed by atoms with E-state index < -0.39 is 0 Å². The van der Waals surface area contributed by atoms with Crippen LogP contribution in [0.25, 0.3) is 0 Å². The smallest absolute Gasteiger partial charge is 0.0326 e. The van der Waals surface area contributed by atoms with Crippen LogP contribution in [0.2, 0.25) is 0 Å². The van der Waals surface area contributed by atoms with E-state index in [1.807, 2.05) is 0 Å². The molecule has 0 amide bonds. The SMILES string of the molecule is CCCCC(CCC(C)C(C)C)C1CCC(C)(C)C(CC)C1. The van der Waals surface area contributed by atoms with E-state index in [1.165, 1.54) is 57.8 Å². The van der Waals surface area contributed by atoms with Gasteiger partial charge in [-0.25, -0.2) is 0 Å². The van der Waals surface area contributed by atoms with Crippen molar-refractivity contribution in [3.63, 3.8) is 0 Å². The van der Waals surface area contributed by atoms with E-state index in [-0.39, 0.29) is 0 Å². The monoisotopic (exact) mass is 308 g/mol. The molecule has 4 unspecified atom stereocenters. The normalized spacial score (nSPS) is 27.8. The molecule has 0 N–H and O–H groups in total. The fourth-order valence-corrected chi connectivity index (χ4v) is 4.60. The highest BCUT2D eigenvalue weighted by Gasteiger charge is 2.37. The summed E-state index contributed by atoms with van der Waals surface area (Å²) in [6.07, 6.45) is 13.1. The Morgan fingerprint density at radius 2 is 1.68 bits per heavy atom. The zero-order chi connectivity index (χ0) is 16.8. The summed E-state index contributed by atoms with van der Waals surface area (Å²) in [5.41, 5.74) is 0.589. The molecular formula is C22H44. The summed E-state index contributed by atoms with van der Waals surface area (Å²) in [5, 5.41) is 0. The first kappa shape index (κ1) is 20.0. The Bertz CT molecular complexity index is 288. The minimum Gasteiger partial charge on any atom is -0.0654 e. The molecule has 22 heavy (non-hydrogen) atoms. The molecule has 0 aromatic rings. The molecule has 1 saturated carbocycles. The van der Waals surface area contributed by atoms with Crippen LogP contribution in [0.15, 0.2) is 0 Å². The maximum atomic E-state index is 2.51. The second kappa shape index (κ2) is 9.33. The summed E-state index contributed by atoms with van der Waals surface area (Å²) < 4.78 is 0. The second-order valence-corrected chi connectivity index (χ2v) is 9.33.